The second-order valence-corrected chi connectivity index (χ2v) is 16.3. The zero-order valence-corrected chi connectivity index (χ0v) is 37.3. The van der Waals surface area contributed by atoms with Crippen LogP contribution in [0.5, 0.6) is 23.0 Å². The van der Waals surface area contributed by atoms with E-state index in [-0.39, 0.29) is 40.6 Å². The number of phenolic OH excluding ortho intramolecular Hbond substituents is 1. The normalized spacial score (nSPS) is 19.2. The molecule has 2 saturated heterocycles. The Morgan fingerprint density at radius 2 is 0.947 bits per heavy atom. The molecule has 0 bridgehead atoms. The number of hydrogen-bond acceptors (Lipinski definition) is 10. The second kappa shape index (κ2) is 22.6. The number of carbonyl (C=O) groups is 2. The topological polar surface area (TPSA) is 129 Å². The molecule has 4 rings (SSSR count). The predicted molar refractivity (Wildman–Crippen MR) is 232 cm³/mol. The number of phenols is 1. The van der Waals surface area contributed by atoms with E-state index in [1.54, 1.807) is 56.5 Å². The predicted octanol–water partition coefficient (Wildman–Crippen LogP) is 11.0. The van der Waals surface area contributed by atoms with E-state index in [2.05, 4.69) is 0 Å². The first-order valence-corrected chi connectivity index (χ1v) is 20.2. The Balaban J connectivity index is 0.000000525. The molecule has 2 aliphatic heterocycles. The number of hydroxylamine groups is 4. The van der Waals surface area contributed by atoms with Crippen LogP contribution in [0, 0.1) is 0 Å². The van der Waals surface area contributed by atoms with Crippen LogP contribution in [0.4, 0.5) is 0 Å². The Morgan fingerprint density at radius 1 is 0.596 bits per heavy atom. The first-order valence-electron chi connectivity index (χ1n) is 20.2. The van der Waals surface area contributed by atoms with Crippen molar-refractivity contribution in [3.8, 4) is 23.0 Å². The summed E-state index contributed by atoms with van der Waals surface area (Å²) in [7, 11) is 1.60. The van der Waals surface area contributed by atoms with E-state index >= 15 is 0 Å². The lowest BCUT2D eigenvalue weighted by atomic mass is 9.80. The molecule has 2 aromatic rings. The van der Waals surface area contributed by atoms with Crippen molar-refractivity contribution in [3.63, 3.8) is 0 Å². The number of benzene rings is 2. The quantitative estimate of drug-likeness (QED) is 0.189. The number of hydrogen-bond donors (Lipinski definition) is 3. The van der Waals surface area contributed by atoms with E-state index in [4.69, 9.17) is 14.2 Å². The standard InChI is InChI=1S/C22H31NO4.C21H29NO4.2C2H6/c1-7-8-17(24)11-9-16-10-12-19(20(13-16)26-6)27-18-14-21(2,3)23(25)22(4,5)15-18;1-6-7-16(23)10-8-15-9-11-19(18(24)12-15)26-17-13-20(2,3)22(25)21(4,5)14-17;2*1-2/h7-13,18,25H,14-15H2,1-6H3;6-12,17,24-25H,13-14H2,1-5H3;2*1-2H3/b8-7+,11-9+;7-6+,10-8+;;. The number of piperidine rings is 2. The molecule has 2 fully saturated rings. The summed E-state index contributed by atoms with van der Waals surface area (Å²) in [6, 6.07) is 10.7. The van der Waals surface area contributed by atoms with Gasteiger partial charge in [0.2, 0.25) is 0 Å². The molecule has 0 aromatic heterocycles. The van der Waals surface area contributed by atoms with Crippen molar-refractivity contribution in [2.75, 3.05) is 7.11 Å². The van der Waals surface area contributed by atoms with E-state index < -0.39 is 11.1 Å². The molecular formula is C47H72N2O8. The van der Waals surface area contributed by atoms with Gasteiger partial charge in [0, 0.05) is 47.8 Å². The van der Waals surface area contributed by atoms with Gasteiger partial charge in [0.1, 0.15) is 12.2 Å². The Hall–Kier alpha value is -4.22. The van der Waals surface area contributed by atoms with Gasteiger partial charge >= 0.3 is 0 Å². The van der Waals surface area contributed by atoms with Gasteiger partial charge in [-0.3, -0.25) is 9.59 Å². The summed E-state index contributed by atoms with van der Waals surface area (Å²) in [4.78, 5) is 23.1. The minimum Gasteiger partial charge on any atom is -0.504 e. The molecule has 318 valence electrons. The van der Waals surface area contributed by atoms with Crippen LogP contribution in [-0.4, -0.2) is 78.7 Å². The number of ether oxygens (including phenoxy) is 3. The zero-order valence-electron chi connectivity index (χ0n) is 37.3. The summed E-state index contributed by atoms with van der Waals surface area (Å²) < 4.78 is 17.8. The van der Waals surface area contributed by atoms with Gasteiger partial charge in [0.25, 0.3) is 0 Å². The lowest BCUT2D eigenvalue weighted by molar-refractivity contribution is -0.255. The molecule has 0 radical (unpaired) electrons. The van der Waals surface area contributed by atoms with Crippen LogP contribution in [0.25, 0.3) is 12.2 Å². The molecule has 2 aliphatic rings. The summed E-state index contributed by atoms with van der Waals surface area (Å²) in [5, 5.41) is 33.9. The number of rotatable bonds is 11. The number of ketones is 2. The van der Waals surface area contributed by atoms with E-state index in [0.29, 0.717) is 42.9 Å². The maximum absolute atomic E-state index is 11.6. The van der Waals surface area contributed by atoms with Crippen molar-refractivity contribution in [3.05, 3.63) is 84.0 Å². The lowest BCUT2D eigenvalue weighted by Gasteiger charge is -2.51. The molecule has 3 N–H and O–H groups in total. The van der Waals surface area contributed by atoms with Crippen molar-refractivity contribution in [1.29, 1.82) is 0 Å². The number of methoxy groups -OCH3 is 1. The van der Waals surface area contributed by atoms with E-state index in [9.17, 15) is 25.1 Å². The van der Waals surface area contributed by atoms with Gasteiger partial charge in [-0.1, -0.05) is 64.1 Å². The summed E-state index contributed by atoms with van der Waals surface area (Å²) in [5.74, 6) is 1.57. The smallest absolute Gasteiger partial charge is 0.178 e. The van der Waals surface area contributed by atoms with E-state index in [1.807, 2.05) is 108 Å². The van der Waals surface area contributed by atoms with Crippen LogP contribution >= 0.6 is 0 Å². The third-order valence-electron chi connectivity index (χ3n) is 9.50. The van der Waals surface area contributed by atoms with Crippen LogP contribution in [0.1, 0.15) is 134 Å². The monoisotopic (exact) mass is 793 g/mol. The van der Waals surface area contributed by atoms with Crippen LogP contribution in [-0.2, 0) is 9.59 Å². The summed E-state index contributed by atoms with van der Waals surface area (Å²) in [5.41, 5.74) is -0.0119. The number of carbonyl (C=O) groups excluding carboxylic acids is 2. The highest BCUT2D eigenvalue weighted by atomic mass is 16.5. The SMILES string of the molecule is C/C=C/C(=O)/C=C/c1ccc(OC2CC(C)(C)N(O)C(C)(C)C2)c(O)c1.C/C=C/C(=O)/C=C/c1ccc(OC2CC(C)(C)N(O)C(C)(C)C2)c(OC)c1.CC.CC. The maximum atomic E-state index is 11.6. The molecular weight excluding hydrogens is 721 g/mol. The Bertz CT molecular complexity index is 1670. The van der Waals surface area contributed by atoms with Crippen LogP contribution in [0.3, 0.4) is 0 Å². The molecule has 2 aromatic carbocycles. The van der Waals surface area contributed by atoms with Crippen molar-refractivity contribution in [2.45, 2.75) is 157 Å². The maximum Gasteiger partial charge on any atom is 0.178 e. The van der Waals surface area contributed by atoms with Gasteiger partial charge in [-0.05, 0) is 129 Å². The first-order chi connectivity index (χ1) is 26.6. The average Bonchev–Trinajstić information content (AvgIpc) is 3.14. The largest absolute Gasteiger partial charge is 0.504 e. The molecule has 0 atom stereocenters. The van der Waals surface area contributed by atoms with E-state index in [1.165, 1.54) is 34.4 Å². The fraction of sp³-hybridized carbons (Fsp3) is 0.532. The minimum absolute atomic E-state index is 0.0349. The fourth-order valence-corrected chi connectivity index (χ4v) is 7.30. The Labute approximate surface area is 343 Å². The summed E-state index contributed by atoms with van der Waals surface area (Å²) in [6.07, 6.45) is 15.3. The molecule has 0 spiro atoms. The number of aromatic hydroxyl groups is 1. The molecule has 57 heavy (non-hydrogen) atoms. The lowest BCUT2D eigenvalue weighted by Crippen LogP contribution is -2.61. The van der Waals surface area contributed by atoms with Gasteiger partial charge in [0.05, 0.1) is 7.11 Å². The minimum atomic E-state index is -0.419. The van der Waals surface area contributed by atoms with Crippen LogP contribution in [0.2, 0.25) is 0 Å². The van der Waals surface area contributed by atoms with E-state index in [0.717, 1.165) is 11.1 Å². The van der Waals surface area contributed by atoms with Gasteiger partial charge in [-0.2, -0.15) is 10.1 Å². The number of nitrogens with zero attached hydrogens (tertiary/aromatic N) is 2. The van der Waals surface area contributed by atoms with Gasteiger partial charge in [-0.25, -0.2) is 0 Å². The van der Waals surface area contributed by atoms with Crippen molar-refractivity contribution < 1.29 is 39.3 Å². The number of allylic oxidation sites excluding steroid dienone is 6. The molecule has 0 saturated carbocycles. The molecule has 2 heterocycles. The highest BCUT2D eigenvalue weighted by Crippen LogP contribution is 2.41. The third kappa shape index (κ3) is 15.2. The molecule has 10 heteroatoms. The van der Waals surface area contributed by atoms with Crippen LogP contribution < -0.4 is 14.2 Å². The zero-order chi connectivity index (χ0) is 43.8. The molecule has 0 unspecified atom stereocenters. The molecule has 0 amide bonds. The van der Waals surface area contributed by atoms with Crippen LogP contribution in [0.15, 0.2) is 72.9 Å². The first kappa shape index (κ1) is 50.8. The fourth-order valence-electron chi connectivity index (χ4n) is 7.30. The highest BCUT2D eigenvalue weighted by Gasteiger charge is 2.47. The Morgan fingerprint density at radius 3 is 1.30 bits per heavy atom. The molecule has 10 nitrogen and oxygen atoms in total. The summed E-state index contributed by atoms with van der Waals surface area (Å²) in [6.45, 7) is 27.5. The van der Waals surface area contributed by atoms with Gasteiger partial charge in [-0.15, -0.1) is 0 Å². The highest BCUT2D eigenvalue weighted by molar-refractivity contribution is 6.02. The van der Waals surface area contributed by atoms with Crippen molar-refractivity contribution >= 4 is 23.7 Å². The van der Waals surface area contributed by atoms with Crippen molar-refractivity contribution in [2.24, 2.45) is 0 Å². The molecule has 0 aliphatic carbocycles. The van der Waals surface area contributed by atoms with Gasteiger partial charge in [0.15, 0.2) is 34.6 Å². The average molecular weight is 793 g/mol. The van der Waals surface area contributed by atoms with Crippen molar-refractivity contribution in [1.82, 2.24) is 10.1 Å². The third-order valence-corrected chi connectivity index (χ3v) is 9.50. The second-order valence-electron chi connectivity index (χ2n) is 16.3. The summed E-state index contributed by atoms with van der Waals surface area (Å²) >= 11 is 0. The Kier molecular flexibility index (Phi) is 20.2. The van der Waals surface area contributed by atoms with Gasteiger partial charge < -0.3 is 29.7 Å².